The van der Waals surface area contributed by atoms with E-state index in [9.17, 15) is 4.79 Å². The van der Waals surface area contributed by atoms with Gasteiger partial charge in [0.2, 0.25) is 5.91 Å². The summed E-state index contributed by atoms with van der Waals surface area (Å²) in [4.78, 5) is 12.4. The zero-order chi connectivity index (χ0) is 17.5. The number of hydrogen-bond donors (Lipinski definition) is 1. The van der Waals surface area contributed by atoms with E-state index in [-0.39, 0.29) is 11.2 Å². The first kappa shape index (κ1) is 18.2. The zero-order valence-corrected chi connectivity index (χ0v) is 15.3. The number of carbonyl (C=O) groups excluding carboxylic acids is 1. The summed E-state index contributed by atoms with van der Waals surface area (Å²) in [5, 5.41) is 2.77. The van der Waals surface area contributed by atoms with Crippen LogP contribution in [0.2, 0.25) is 0 Å². The van der Waals surface area contributed by atoms with Crippen molar-refractivity contribution in [1.82, 2.24) is 0 Å². The number of aryl methyl sites for hydroxylation is 1. The minimum Gasteiger partial charge on any atom is -0.493 e. The Balaban J connectivity index is 1.94. The Labute approximate surface area is 147 Å². The molecule has 0 radical (unpaired) electrons. The van der Waals surface area contributed by atoms with Crippen LogP contribution in [0.3, 0.4) is 0 Å². The van der Waals surface area contributed by atoms with Crippen LogP contribution in [-0.4, -0.2) is 25.4 Å². The van der Waals surface area contributed by atoms with Crippen LogP contribution in [0.15, 0.2) is 42.5 Å². The molecule has 0 saturated heterocycles. The highest BCUT2D eigenvalue weighted by Gasteiger charge is 2.15. The molecule has 2 rings (SSSR count). The lowest BCUT2D eigenvalue weighted by Crippen LogP contribution is -2.22. The first-order valence-corrected chi connectivity index (χ1v) is 8.78. The van der Waals surface area contributed by atoms with Gasteiger partial charge >= 0.3 is 0 Å². The maximum absolute atomic E-state index is 12.4. The van der Waals surface area contributed by atoms with Gasteiger partial charge in [-0.3, -0.25) is 4.79 Å². The number of thioether (sulfide) groups is 1. The normalized spacial score (nSPS) is 11.7. The van der Waals surface area contributed by atoms with Gasteiger partial charge in [-0.05, 0) is 31.5 Å². The van der Waals surface area contributed by atoms with E-state index >= 15 is 0 Å². The molecule has 0 spiro atoms. The van der Waals surface area contributed by atoms with E-state index < -0.39 is 0 Å². The van der Waals surface area contributed by atoms with Crippen LogP contribution >= 0.6 is 11.8 Å². The molecule has 0 bridgehead atoms. The van der Waals surface area contributed by atoms with Gasteiger partial charge in [0.05, 0.1) is 19.5 Å². The lowest BCUT2D eigenvalue weighted by Gasteiger charge is -2.14. The van der Waals surface area contributed by atoms with Crippen LogP contribution in [0, 0.1) is 6.92 Å². The average molecular weight is 345 g/mol. The number of benzene rings is 2. The van der Waals surface area contributed by atoms with Gasteiger partial charge in [-0.15, -0.1) is 11.8 Å². The molecule has 0 aliphatic rings. The summed E-state index contributed by atoms with van der Waals surface area (Å²) in [5.74, 6) is 2.01. The molecule has 2 aromatic rings. The summed E-state index contributed by atoms with van der Waals surface area (Å²) in [6, 6.07) is 13.7. The summed E-state index contributed by atoms with van der Waals surface area (Å²) >= 11 is 1.62. The maximum Gasteiger partial charge on any atom is 0.237 e. The van der Waals surface area contributed by atoms with Gasteiger partial charge in [0.25, 0.3) is 0 Å². The third-order valence-electron chi connectivity index (χ3n) is 3.60. The van der Waals surface area contributed by atoms with Crippen molar-refractivity contribution in [3.05, 3.63) is 53.6 Å². The van der Waals surface area contributed by atoms with Crippen molar-refractivity contribution >= 4 is 23.4 Å². The molecule has 1 N–H and O–H groups in total. The average Bonchev–Trinajstić information content (AvgIpc) is 2.59. The van der Waals surface area contributed by atoms with Gasteiger partial charge in [-0.1, -0.05) is 29.8 Å². The van der Waals surface area contributed by atoms with Crippen LogP contribution in [0.5, 0.6) is 11.5 Å². The maximum atomic E-state index is 12.4. The topological polar surface area (TPSA) is 47.6 Å². The Bertz CT molecular complexity index is 703. The Morgan fingerprint density at radius 1 is 1.12 bits per heavy atom. The van der Waals surface area contributed by atoms with Gasteiger partial charge in [0.15, 0.2) is 11.5 Å². The predicted octanol–water partition coefficient (Wildman–Crippen LogP) is 4.27. The fraction of sp³-hybridized carbons (Fsp3) is 0.316. The van der Waals surface area contributed by atoms with E-state index in [0.29, 0.717) is 17.2 Å². The molecule has 1 atom stereocenters. The molecule has 2 aromatic carbocycles. The number of rotatable bonds is 7. The van der Waals surface area contributed by atoms with Crippen molar-refractivity contribution in [3.63, 3.8) is 0 Å². The van der Waals surface area contributed by atoms with E-state index in [4.69, 9.17) is 9.47 Å². The third kappa shape index (κ3) is 4.93. The summed E-state index contributed by atoms with van der Waals surface area (Å²) < 4.78 is 10.5. The molecule has 24 heavy (non-hydrogen) atoms. The van der Waals surface area contributed by atoms with E-state index in [1.165, 1.54) is 11.1 Å². The molecular weight excluding hydrogens is 322 g/mol. The van der Waals surface area contributed by atoms with Crippen LogP contribution in [0.4, 0.5) is 5.69 Å². The minimum absolute atomic E-state index is 0.0279. The number of anilines is 1. The Hall–Kier alpha value is -2.14. The number of nitrogens with one attached hydrogen (secondary N) is 1. The highest BCUT2D eigenvalue weighted by molar-refractivity contribution is 7.99. The minimum atomic E-state index is -0.154. The lowest BCUT2D eigenvalue weighted by atomic mass is 10.2. The van der Waals surface area contributed by atoms with E-state index in [0.717, 1.165) is 5.75 Å². The number of ether oxygens (including phenoxy) is 2. The van der Waals surface area contributed by atoms with Crippen LogP contribution in [0.1, 0.15) is 18.1 Å². The summed E-state index contributed by atoms with van der Waals surface area (Å²) in [6.07, 6.45) is 0. The van der Waals surface area contributed by atoms with Crippen molar-refractivity contribution in [3.8, 4) is 11.5 Å². The van der Waals surface area contributed by atoms with Gasteiger partial charge in [-0.25, -0.2) is 0 Å². The van der Waals surface area contributed by atoms with Crippen molar-refractivity contribution < 1.29 is 14.3 Å². The molecule has 0 saturated carbocycles. The molecular formula is C19H23NO3S. The second kappa shape index (κ2) is 8.64. The van der Waals surface area contributed by atoms with Crippen molar-refractivity contribution in [2.75, 3.05) is 19.5 Å². The van der Waals surface area contributed by atoms with Gasteiger partial charge < -0.3 is 14.8 Å². The van der Waals surface area contributed by atoms with E-state index in [2.05, 4.69) is 30.4 Å². The Kier molecular flexibility index (Phi) is 6.55. The second-order valence-corrected chi connectivity index (χ2v) is 6.83. The summed E-state index contributed by atoms with van der Waals surface area (Å²) in [7, 11) is 3.16. The lowest BCUT2D eigenvalue weighted by molar-refractivity contribution is -0.115. The number of hydrogen-bond acceptors (Lipinski definition) is 4. The number of amides is 1. The van der Waals surface area contributed by atoms with Crippen LogP contribution in [0.25, 0.3) is 0 Å². The second-order valence-electron chi connectivity index (χ2n) is 5.50. The summed E-state index contributed by atoms with van der Waals surface area (Å²) in [5.41, 5.74) is 3.15. The largest absolute Gasteiger partial charge is 0.493 e. The third-order valence-corrected chi connectivity index (χ3v) is 4.82. The zero-order valence-electron chi connectivity index (χ0n) is 14.5. The Morgan fingerprint density at radius 3 is 2.54 bits per heavy atom. The quantitative estimate of drug-likeness (QED) is 0.814. The Morgan fingerprint density at radius 2 is 1.88 bits per heavy atom. The molecule has 0 aromatic heterocycles. The highest BCUT2D eigenvalue weighted by atomic mass is 32.2. The van der Waals surface area contributed by atoms with Gasteiger partial charge in [-0.2, -0.15) is 0 Å². The van der Waals surface area contributed by atoms with Gasteiger partial charge in [0.1, 0.15) is 0 Å². The molecule has 128 valence electrons. The fourth-order valence-corrected chi connectivity index (χ4v) is 3.09. The molecule has 0 heterocycles. The predicted molar refractivity (Wildman–Crippen MR) is 100 cm³/mol. The molecule has 5 heteroatoms. The number of methoxy groups -OCH3 is 2. The number of carbonyl (C=O) groups is 1. The highest BCUT2D eigenvalue weighted by Crippen LogP contribution is 2.30. The van der Waals surface area contributed by atoms with E-state index in [1.807, 2.05) is 13.0 Å². The molecule has 0 fully saturated rings. The monoisotopic (exact) mass is 345 g/mol. The van der Waals surface area contributed by atoms with E-state index in [1.54, 1.807) is 44.2 Å². The summed E-state index contributed by atoms with van der Waals surface area (Å²) in [6.45, 7) is 3.98. The fourth-order valence-electron chi connectivity index (χ4n) is 2.26. The SMILES string of the molecule is COc1ccc(NC(=O)C(C)SCc2cccc(C)c2)cc1OC. The molecule has 0 aliphatic heterocycles. The van der Waals surface area contributed by atoms with Crippen molar-refractivity contribution in [2.24, 2.45) is 0 Å². The molecule has 0 aliphatic carbocycles. The first-order valence-electron chi connectivity index (χ1n) is 7.73. The molecule has 1 unspecified atom stereocenters. The van der Waals surface area contributed by atoms with Crippen molar-refractivity contribution in [1.29, 1.82) is 0 Å². The standard InChI is InChI=1S/C19H23NO3S/c1-13-6-5-7-15(10-13)12-24-14(2)19(21)20-16-8-9-17(22-3)18(11-16)23-4/h5-11,14H,12H2,1-4H3,(H,20,21). The smallest absolute Gasteiger partial charge is 0.237 e. The molecule has 4 nitrogen and oxygen atoms in total. The first-order chi connectivity index (χ1) is 11.5. The van der Waals surface area contributed by atoms with Crippen molar-refractivity contribution in [2.45, 2.75) is 24.9 Å². The van der Waals surface area contributed by atoms with Crippen LogP contribution in [-0.2, 0) is 10.5 Å². The van der Waals surface area contributed by atoms with Crippen LogP contribution < -0.4 is 14.8 Å². The van der Waals surface area contributed by atoms with Gasteiger partial charge in [0, 0.05) is 17.5 Å². The molecule has 1 amide bonds.